The van der Waals surface area contributed by atoms with E-state index in [-0.39, 0.29) is 5.56 Å². The Labute approximate surface area is 150 Å². The third-order valence-electron chi connectivity index (χ3n) is 3.61. The number of hydrogen-bond acceptors (Lipinski definition) is 4. The summed E-state index contributed by atoms with van der Waals surface area (Å²) < 4.78 is 1.74. The second-order valence-electron chi connectivity index (χ2n) is 5.71. The lowest BCUT2D eigenvalue weighted by Crippen LogP contribution is -2.15. The molecule has 0 unspecified atom stereocenters. The monoisotopic (exact) mass is 343 g/mol. The minimum atomic E-state index is -0.107. The van der Waals surface area contributed by atoms with Crippen LogP contribution in [0.4, 0.5) is 0 Å². The Balaban J connectivity index is 0.00000104. The Kier molecular flexibility index (Phi) is 10.5. The molecule has 0 aliphatic carbocycles. The first kappa shape index (κ1) is 22.3. The Morgan fingerprint density at radius 1 is 1.40 bits per heavy atom. The average molecular weight is 343 g/mol. The Morgan fingerprint density at radius 3 is 2.44 bits per heavy atom. The maximum atomic E-state index is 12.1. The predicted molar refractivity (Wildman–Crippen MR) is 106 cm³/mol. The first-order chi connectivity index (χ1) is 12.0. The van der Waals surface area contributed by atoms with E-state index in [2.05, 4.69) is 60.0 Å². The maximum absolute atomic E-state index is 12.1. The van der Waals surface area contributed by atoms with Crippen LogP contribution in [0.2, 0.25) is 0 Å². The highest BCUT2D eigenvalue weighted by Crippen LogP contribution is 2.14. The molecule has 6 heteroatoms. The molecule has 0 fully saturated rings. The molecule has 136 valence electrons. The van der Waals surface area contributed by atoms with Crippen molar-refractivity contribution in [3.05, 3.63) is 34.5 Å². The Morgan fingerprint density at radius 2 is 1.96 bits per heavy atom. The molecule has 6 nitrogen and oxygen atoms in total. The summed E-state index contributed by atoms with van der Waals surface area (Å²) in [6.45, 7) is 13.8. The van der Waals surface area contributed by atoms with Crippen LogP contribution in [0.5, 0.6) is 0 Å². The number of nitrogens with zero attached hydrogens (tertiary/aromatic N) is 4. The zero-order valence-electron chi connectivity index (χ0n) is 15.7. The van der Waals surface area contributed by atoms with Crippen molar-refractivity contribution < 1.29 is 0 Å². The third-order valence-corrected chi connectivity index (χ3v) is 3.61. The summed E-state index contributed by atoms with van der Waals surface area (Å²) in [5.41, 5.74) is 1.53. The normalized spacial score (nSPS) is 9.72. The van der Waals surface area contributed by atoms with Gasteiger partial charge in [-0.3, -0.25) is 4.79 Å². The molecular weight excluding hydrogens is 314 g/mol. The molecule has 0 bridgehead atoms. The van der Waals surface area contributed by atoms with Gasteiger partial charge in [0, 0.05) is 13.5 Å². The van der Waals surface area contributed by atoms with Crippen molar-refractivity contribution >= 4 is 17.8 Å². The highest BCUT2D eigenvalue weighted by Gasteiger charge is 2.12. The van der Waals surface area contributed by atoms with E-state index in [0.29, 0.717) is 23.5 Å². The highest BCUT2D eigenvalue weighted by atomic mass is 16.1. The van der Waals surface area contributed by atoms with Crippen LogP contribution in [0.25, 0.3) is 11.0 Å². The van der Waals surface area contributed by atoms with E-state index in [0.717, 1.165) is 30.7 Å². The van der Waals surface area contributed by atoms with Crippen LogP contribution in [0.15, 0.2) is 28.1 Å². The predicted octanol–water partition coefficient (Wildman–Crippen LogP) is 3.24. The Bertz CT molecular complexity index is 750. The Hall–Kier alpha value is -2.68. The molecule has 25 heavy (non-hydrogen) atoms. The molecule has 2 aromatic rings. The molecule has 0 spiro atoms. The molecule has 2 aromatic heterocycles. The van der Waals surface area contributed by atoms with E-state index in [1.165, 1.54) is 0 Å². The number of H-pyrrole nitrogens is 1. The second-order valence-corrected chi connectivity index (χ2v) is 5.71. The smallest absolute Gasteiger partial charge is 0.262 e. The van der Waals surface area contributed by atoms with Crippen molar-refractivity contribution in [2.75, 3.05) is 7.05 Å². The van der Waals surface area contributed by atoms with E-state index in [1.807, 2.05) is 6.92 Å². The molecular formula is C19H29N5O. The van der Waals surface area contributed by atoms with Gasteiger partial charge < -0.3 is 9.98 Å². The second kappa shape index (κ2) is 11.8. The number of aliphatic imine (C=N–C) groups is 1. The van der Waals surface area contributed by atoms with E-state index in [9.17, 15) is 4.79 Å². The molecule has 0 saturated heterocycles. The van der Waals surface area contributed by atoms with Gasteiger partial charge in [-0.1, -0.05) is 38.8 Å². The topological polar surface area (TPSA) is 75.9 Å². The van der Waals surface area contributed by atoms with Crippen molar-refractivity contribution in [2.24, 2.45) is 10.9 Å². The number of terminal acetylenes is 1. The van der Waals surface area contributed by atoms with Gasteiger partial charge in [-0.05, 0) is 19.6 Å². The lowest BCUT2D eigenvalue weighted by molar-refractivity contribution is 0.478. The van der Waals surface area contributed by atoms with Crippen molar-refractivity contribution in [3.8, 4) is 12.8 Å². The van der Waals surface area contributed by atoms with Gasteiger partial charge in [0.15, 0.2) is 5.65 Å². The number of aromatic nitrogens is 4. The molecule has 0 atom stereocenters. The summed E-state index contributed by atoms with van der Waals surface area (Å²) in [5, 5.41) is 4.77. The van der Waals surface area contributed by atoms with Crippen molar-refractivity contribution in [1.29, 1.82) is 0 Å². The first-order valence-corrected chi connectivity index (χ1v) is 8.23. The van der Waals surface area contributed by atoms with E-state index in [1.54, 1.807) is 17.9 Å². The molecule has 0 amide bonds. The molecule has 2 heterocycles. The largest absolute Gasteiger partial charge is 0.310 e. The third kappa shape index (κ3) is 6.76. The number of nitrogens with one attached hydrogen (secondary N) is 1. The number of allylic oxidation sites excluding steroid dienone is 1. The van der Waals surface area contributed by atoms with Gasteiger partial charge in [0.1, 0.15) is 11.2 Å². The van der Waals surface area contributed by atoms with E-state index < -0.39 is 0 Å². The lowest BCUT2D eigenvalue weighted by Gasteiger charge is -2.11. The van der Waals surface area contributed by atoms with Crippen LogP contribution in [0.1, 0.15) is 39.4 Å². The number of aromatic amines is 1. The molecule has 0 saturated carbocycles. The van der Waals surface area contributed by atoms with Crippen LogP contribution < -0.4 is 5.56 Å². The van der Waals surface area contributed by atoms with Crippen molar-refractivity contribution in [2.45, 2.75) is 46.6 Å². The van der Waals surface area contributed by atoms with Crippen LogP contribution in [0.3, 0.4) is 0 Å². The number of fused-ring (bicyclic) bond motifs is 1. The number of rotatable bonds is 6. The summed E-state index contributed by atoms with van der Waals surface area (Å²) in [6, 6.07) is 0. The van der Waals surface area contributed by atoms with Gasteiger partial charge in [-0.15, -0.1) is 12.8 Å². The fraction of sp³-hybridized carbons (Fsp3) is 0.474. The minimum Gasteiger partial charge on any atom is -0.310 e. The summed E-state index contributed by atoms with van der Waals surface area (Å²) in [4.78, 5) is 22.8. The molecule has 1 N–H and O–H groups in total. The zero-order valence-corrected chi connectivity index (χ0v) is 15.7. The molecule has 0 aliphatic rings. The summed E-state index contributed by atoms with van der Waals surface area (Å²) in [7, 11) is 1.64. The zero-order chi connectivity index (χ0) is 19.4. The molecule has 0 aliphatic heterocycles. The van der Waals surface area contributed by atoms with Gasteiger partial charge in [0.25, 0.3) is 5.56 Å². The SMILES string of the molecule is C#C.C=C(C)Cn1ncc2c(=O)[nH]c(CC(CC)CC)nc21.C=NC. The van der Waals surface area contributed by atoms with Crippen molar-refractivity contribution in [1.82, 2.24) is 19.7 Å². The van der Waals surface area contributed by atoms with E-state index >= 15 is 0 Å². The van der Waals surface area contributed by atoms with Gasteiger partial charge in [0.2, 0.25) is 0 Å². The average Bonchev–Trinajstić information content (AvgIpc) is 2.98. The van der Waals surface area contributed by atoms with Crippen LogP contribution in [-0.4, -0.2) is 33.5 Å². The quantitative estimate of drug-likeness (QED) is 0.497. The summed E-state index contributed by atoms with van der Waals surface area (Å²) >= 11 is 0. The highest BCUT2D eigenvalue weighted by molar-refractivity contribution is 5.73. The van der Waals surface area contributed by atoms with E-state index in [4.69, 9.17) is 0 Å². The fourth-order valence-electron chi connectivity index (χ4n) is 2.33. The molecule has 0 aromatic carbocycles. The van der Waals surface area contributed by atoms with Crippen LogP contribution in [-0.2, 0) is 13.0 Å². The van der Waals surface area contributed by atoms with Crippen LogP contribution >= 0.6 is 0 Å². The van der Waals surface area contributed by atoms with Gasteiger partial charge >= 0.3 is 0 Å². The minimum absolute atomic E-state index is 0.107. The van der Waals surface area contributed by atoms with Crippen molar-refractivity contribution in [3.63, 3.8) is 0 Å². The maximum Gasteiger partial charge on any atom is 0.262 e. The molecule has 0 radical (unpaired) electrons. The summed E-state index contributed by atoms with van der Waals surface area (Å²) in [5.74, 6) is 1.30. The lowest BCUT2D eigenvalue weighted by atomic mass is 9.99. The fourth-order valence-corrected chi connectivity index (χ4v) is 2.33. The first-order valence-electron chi connectivity index (χ1n) is 8.23. The molecule has 2 rings (SSSR count). The van der Waals surface area contributed by atoms with Gasteiger partial charge in [-0.2, -0.15) is 5.10 Å². The van der Waals surface area contributed by atoms with Gasteiger partial charge in [0.05, 0.1) is 12.7 Å². The van der Waals surface area contributed by atoms with Gasteiger partial charge in [-0.25, -0.2) is 9.67 Å². The standard InChI is InChI=1S/C15H22N4O.C2H5N.C2H2/c1-5-11(6-2)7-13-17-14-12(15(20)18-13)8-16-19(14)9-10(3)4;1-3-2;1-2/h8,11H,3,5-7,9H2,1-2,4H3,(H,17,18,20);1H2,2H3;1-2H. The summed E-state index contributed by atoms with van der Waals surface area (Å²) in [6.07, 6.45) is 12.5. The van der Waals surface area contributed by atoms with Crippen LogP contribution in [0, 0.1) is 18.8 Å². The number of hydrogen-bond donors (Lipinski definition) is 1.